The lowest BCUT2D eigenvalue weighted by Gasteiger charge is -2.09. The normalized spacial score (nSPS) is 12.2. The van der Waals surface area contributed by atoms with E-state index in [9.17, 15) is 8.42 Å². The van der Waals surface area contributed by atoms with Gasteiger partial charge in [-0.05, 0) is 26.7 Å². The molecule has 0 bridgehead atoms. The van der Waals surface area contributed by atoms with Crippen LogP contribution in [-0.4, -0.2) is 38.8 Å². The van der Waals surface area contributed by atoms with E-state index in [1.54, 1.807) is 0 Å². The number of ether oxygens (including phenoxy) is 1. The highest BCUT2D eigenvalue weighted by atomic mass is 79.9. The molecule has 0 spiro atoms. The molecule has 0 aliphatic carbocycles. The third kappa shape index (κ3) is 10.9. The average Bonchev–Trinajstić information content (AvgIpc) is 2.16. The van der Waals surface area contributed by atoms with Crippen LogP contribution in [0.25, 0.3) is 0 Å². The summed E-state index contributed by atoms with van der Waals surface area (Å²) in [6.45, 7) is 4.56. The number of halogens is 1. The molecule has 0 saturated heterocycles. The van der Waals surface area contributed by atoms with Gasteiger partial charge in [-0.3, -0.25) is 0 Å². The molecule has 0 radical (unpaired) electrons. The second kappa shape index (κ2) is 9.39. The molecule has 0 aromatic rings. The maximum Gasteiger partial charge on any atom is 0.213 e. The Bertz CT molecular complexity index is 255. The Morgan fingerprint density at radius 1 is 1.25 bits per heavy atom. The van der Waals surface area contributed by atoms with E-state index in [0.717, 1.165) is 24.6 Å². The zero-order chi connectivity index (χ0) is 12.4. The molecule has 0 amide bonds. The molecule has 0 aromatic carbocycles. The molecule has 0 aliphatic rings. The first-order valence-electron chi connectivity index (χ1n) is 5.63. The molecule has 0 heterocycles. The van der Waals surface area contributed by atoms with Crippen molar-refractivity contribution in [2.24, 2.45) is 0 Å². The van der Waals surface area contributed by atoms with Gasteiger partial charge in [0.1, 0.15) is 0 Å². The summed E-state index contributed by atoms with van der Waals surface area (Å²) >= 11 is 3.33. The molecule has 1 N–H and O–H groups in total. The molecule has 6 heteroatoms. The predicted molar refractivity (Wildman–Crippen MR) is 70.5 cm³/mol. The van der Waals surface area contributed by atoms with Gasteiger partial charge < -0.3 is 4.74 Å². The van der Waals surface area contributed by atoms with Crippen molar-refractivity contribution in [3.63, 3.8) is 0 Å². The van der Waals surface area contributed by atoms with E-state index in [2.05, 4.69) is 20.7 Å². The zero-order valence-corrected chi connectivity index (χ0v) is 12.4. The van der Waals surface area contributed by atoms with Crippen molar-refractivity contribution in [1.29, 1.82) is 0 Å². The third-order valence-electron chi connectivity index (χ3n) is 1.94. The van der Waals surface area contributed by atoms with Gasteiger partial charge in [0, 0.05) is 11.9 Å². The molecule has 0 rings (SSSR count). The van der Waals surface area contributed by atoms with Crippen molar-refractivity contribution in [3.8, 4) is 0 Å². The topological polar surface area (TPSA) is 55.4 Å². The van der Waals surface area contributed by atoms with Crippen molar-refractivity contribution < 1.29 is 13.2 Å². The van der Waals surface area contributed by atoms with E-state index >= 15 is 0 Å². The first kappa shape index (κ1) is 16.4. The second-order valence-corrected chi connectivity index (χ2v) is 6.60. The molecule has 98 valence electrons. The van der Waals surface area contributed by atoms with Gasteiger partial charge in [0.2, 0.25) is 10.0 Å². The lowest BCUT2D eigenvalue weighted by atomic mass is 10.3. The van der Waals surface area contributed by atoms with Gasteiger partial charge in [0.25, 0.3) is 0 Å². The van der Waals surface area contributed by atoms with Crippen molar-refractivity contribution in [2.45, 2.75) is 39.2 Å². The highest BCUT2D eigenvalue weighted by molar-refractivity contribution is 9.09. The van der Waals surface area contributed by atoms with E-state index in [4.69, 9.17) is 4.74 Å². The summed E-state index contributed by atoms with van der Waals surface area (Å²) < 4.78 is 30.7. The summed E-state index contributed by atoms with van der Waals surface area (Å²) in [7, 11) is -3.15. The number of alkyl halides is 1. The van der Waals surface area contributed by atoms with E-state index in [1.165, 1.54) is 0 Å². The van der Waals surface area contributed by atoms with Crippen LogP contribution < -0.4 is 4.72 Å². The van der Waals surface area contributed by atoms with Crippen LogP contribution in [0.15, 0.2) is 0 Å². The Morgan fingerprint density at radius 2 is 1.94 bits per heavy atom. The van der Waals surface area contributed by atoms with Crippen molar-refractivity contribution in [2.75, 3.05) is 24.2 Å². The number of hydrogen-bond acceptors (Lipinski definition) is 3. The van der Waals surface area contributed by atoms with Crippen LogP contribution in [0.2, 0.25) is 0 Å². The number of nitrogens with one attached hydrogen (secondary N) is 1. The fraction of sp³-hybridized carbons (Fsp3) is 1.00. The summed E-state index contributed by atoms with van der Waals surface area (Å²) in [4.78, 5) is 0. The van der Waals surface area contributed by atoms with E-state index in [0.29, 0.717) is 6.54 Å². The number of hydrogen-bond donors (Lipinski definition) is 1. The van der Waals surface area contributed by atoms with Crippen LogP contribution in [0.5, 0.6) is 0 Å². The van der Waals surface area contributed by atoms with E-state index < -0.39 is 10.0 Å². The van der Waals surface area contributed by atoms with Crippen molar-refractivity contribution in [3.05, 3.63) is 0 Å². The molecule has 0 fully saturated rings. The highest BCUT2D eigenvalue weighted by Crippen LogP contribution is 1.98. The predicted octanol–water partition coefficient (Wildman–Crippen LogP) is 1.90. The van der Waals surface area contributed by atoms with Gasteiger partial charge in [0.15, 0.2) is 0 Å². The SMILES string of the molecule is CC(C)OCCS(=O)(=O)NCCCCCBr. The summed E-state index contributed by atoms with van der Waals surface area (Å²) in [6.07, 6.45) is 3.08. The van der Waals surface area contributed by atoms with Crippen LogP contribution >= 0.6 is 15.9 Å². The Hall–Kier alpha value is 0.350. The lowest BCUT2D eigenvalue weighted by Crippen LogP contribution is -2.29. The minimum Gasteiger partial charge on any atom is -0.378 e. The maximum atomic E-state index is 11.4. The Kier molecular flexibility index (Phi) is 9.59. The molecule has 0 aromatic heterocycles. The summed E-state index contributed by atoms with van der Waals surface area (Å²) in [5.74, 6) is 0.0453. The van der Waals surface area contributed by atoms with Crippen LogP contribution in [0.3, 0.4) is 0 Å². The van der Waals surface area contributed by atoms with Gasteiger partial charge >= 0.3 is 0 Å². The summed E-state index contributed by atoms with van der Waals surface area (Å²) in [5, 5.41) is 0.974. The number of rotatable bonds is 10. The second-order valence-electron chi connectivity index (χ2n) is 3.88. The Morgan fingerprint density at radius 3 is 2.50 bits per heavy atom. The van der Waals surface area contributed by atoms with Crippen LogP contribution in [-0.2, 0) is 14.8 Å². The van der Waals surface area contributed by atoms with Gasteiger partial charge in [-0.2, -0.15) is 0 Å². The van der Waals surface area contributed by atoms with Gasteiger partial charge in [-0.15, -0.1) is 0 Å². The average molecular weight is 316 g/mol. The van der Waals surface area contributed by atoms with E-state index in [-0.39, 0.29) is 18.5 Å². The van der Waals surface area contributed by atoms with Gasteiger partial charge in [-0.1, -0.05) is 22.4 Å². The van der Waals surface area contributed by atoms with Crippen molar-refractivity contribution in [1.82, 2.24) is 4.72 Å². The quantitative estimate of drug-likeness (QED) is 0.495. The molecule has 0 atom stereocenters. The Balaban J connectivity index is 3.55. The molecule has 0 aliphatic heterocycles. The fourth-order valence-corrected chi connectivity index (χ4v) is 2.40. The fourth-order valence-electron chi connectivity index (χ4n) is 1.09. The van der Waals surface area contributed by atoms with Crippen molar-refractivity contribution >= 4 is 26.0 Å². The maximum absolute atomic E-state index is 11.4. The Labute approximate surface area is 107 Å². The van der Waals surface area contributed by atoms with Gasteiger partial charge in [-0.25, -0.2) is 13.1 Å². The van der Waals surface area contributed by atoms with Crippen LogP contribution in [0, 0.1) is 0 Å². The van der Waals surface area contributed by atoms with E-state index in [1.807, 2.05) is 13.8 Å². The monoisotopic (exact) mass is 315 g/mol. The molecule has 16 heavy (non-hydrogen) atoms. The number of unbranched alkanes of at least 4 members (excludes halogenated alkanes) is 2. The summed E-state index contributed by atoms with van der Waals surface area (Å²) in [6, 6.07) is 0. The van der Waals surface area contributed by atoms with Crippen LogP contribution in [0.1, 0.15) is 33.1 Å². The molecule has 0 unspecified atom stereocenters. The zero-order valence-electron chi connectivity index (χ0n) is 10.0. The molecular formula is C10H22BrNO3S. The smallest absolute Gasteiger partial charge is 0.213 e. The summed E-state index contributed by atoms with van der Waals surface area (Å²) in [5.41, 5.74) is 0. The first-order chi connectivity index (χ1) is 7.48. The molecular weight excluding hydrogens is 294 g/mol. The lowest BCUT2D eigenvalue weighted by molar-refractivity contribution is 0.0911. The minimum absolute atomic E-state index is 0.0453. The molecule has 0 saturated carbocycles. The van der Waals surface area contributed by atoms with Crippen LogP contribution in [0.4, 0.5) is 0 Å². The molecule has 4 nitrogen and oxygen atoms in total. The number of sulfonamides is 1. The standard InChI is InChI=1S/C10H22BrNO3S/c1-10(2)15-8-9-16(13,14)12-7-5-3-4-6-11/h10,12H,3-9H2,1-2H3. The largest absolute Gasteiger partial charge is 0.378 e. The van der Waals surface area contributed by atoms with Gasteiger partial charge in [0.05, 0.1) is 18.5 Å². The highest BCUT2D eigenvalue weighted by Gasteiger charge is 2.09. The minimum atomic E-state index is -3.15. The first-order valence-corrected chi connectivity index (χ1v) is 8.40. The third-order valence-corrected chi connectivity index (χ3v) is 3.84.